The molecule has 5 heteroatoms. The van der Waals surface area contributed by atoms with E-state index in [0.29, 0.717) is 0 Å². The Bertz CT molecular complexity index is 452. The van der Waals surface area contributed by atoms with E-state index in [4.69, 9.17) is 10.5 Å². The van der Waals surface area contributed by atoms with Crippen molar-refractivity contribution in [2.45, 2.75) is 24.1 Å². The summed E-state index contributed by atoms with van der Waals surface area (Å²) >= 11 is 1.77. The number of thioether (sulfide) groups is 1. The Kier molecular flexibility index (Phi) is 3.71. The third kappa shape index (κ3) is 2.27. The molecule has 1 saturated heterocycles. The summed E-state index contributed by atoms with van der Waals surface area (Å²) in [5, 5.41) is 3.47. The van der Waals surface area contributed by atoms with Crippen molar-refractivity contribution in [2.24, 2.45) is 5.73 Å². The second-order valence-electron chi connectivity index (χ2n) is 4.46. The third-order valence-electron chi connectivity index (χ3n) is 3.44. The van der Waals surface area contributed by atoms with E-state index < -0.39 is 5.54 Å². The summed E-state index contributed by atoms with van der Waals surface area (Å²) in [6.45, 7) is 2.04. The fourth-order valence-electron chi connectivity index (χ4n) is 2.25. The number of anilines is 1. The summed E-state index contributed by atoms with van der Waals surface area (Å²) in [4.78, 5) is 11.8. The monoisotopic (exact) mass is 266 g/mol. The standard InChI is InChI=1S/C13H18N2O2S/c1-9-13(12(14)16,6-7-18-9)15-10-4-3-5-11(8-10)17-2/h3-5,8-9,15H,6-7H2,1-2H3,(H2,14,16). The summed E-state index contributed by atoms with van der Waals surface area (Å²) in [6.07, 6.45) is 0.755. The molecule has 0 aliphatic carbocycles. The number of rotatable bonds is 4. The van der Waals surface area contributed by atoms with Gasteiger partial charge < -0.3 is 15.8 Å². The van der Waals surface area contributed by atoms with Gasteiger partial charge in [-0.05, 0) is 24.3 Å². The summed E-state index contributed by atoms with van der Waals surface area (Å²) < 4.78 is 5.18. The molecule has 0 saturated carbocycles. The molecule has 98 valence electrons. The number of carbonyl (C=O) groups excluding carboxylic acids is 1. The van der Waals surface area contributed by atoms with Crippen LogP contribution in [-0.2, 0) is 4.79 Å². The van der Waals surface area contributed by atoms with E-state index in [1.807, 2.05) is 31.2 Å². The lowest BCUT2D eigenvalue weighted by atomic mass is 9.91. The molecule has 0 bridgehead atoms. The van der Waals surface area contributed by atoms with Crippen LogP contribution in [0.1, 0.15) is 13.3 Å². The van der Waals surface area contributed by atoms with E-state index in [9.17, 15) is 4.79 Å². The average molecular weight is 266 g/mol. The highest BCUT2D eigenvalue weighted by molar-refractivity contribution is 8.00. The van der Waals surface area contributed by atoms with E-state index >= 15 is 0 Å². The summed E-state index contributed by atoms with van der Waals surface area (Å²) in [5.74, 6) is 1.42. The molecule has 1 aliphatic heterocycles. The first-order valence-electron chi connectivity index (χ1n) is 5.92. The maximum atomic E-state index is 11.8. The van der Waals surface area contributed by atoms with E-state index in [-0.39, 0.29) is 11.2 Å². The van der Waals surface area contributed by atoms with Gasteiger partial charge in [0.05, 0.1) is 7.11 Å². The quantitative estimate of drug-likeness (QED) is 0.873. The minimum atomic E-state index is -0.656. The molecule has 2 unspecified atom stereocenters. The van der Waals surface area contributed by atoms with E-state index in [2.05, 4.69) is 5.32 Å². The Morgan fingerprint density at radius 2 is 2.39 bits per heavy atom. The Hall–Kier alpha value is -1.36. The second kappa shape index (κ2) is 5.10. The van der Waals surface area contributed by atoms with Gasteiger partial charge in [-0.25, -0.2) is 0 Å². The largest absolute Gasteiger partial charge is 0.497 e. The van der Waals surface area contributed by atoms with Gasteiger partial charge >= 0.3 is 0 Å². The number of ether oxygens (including phenoxy) is 1. The van der Waals surface area contributed by atoms with Crippen molar-refractivity contribution in [3.63, 3.8) is 0 Å². The summed E-state index contributed by atoms with van der Waals surface area (Å²) in [6, 6.07) is 7.56. The van der Waals surface area contributed by atoms with E-state index in [0.717, 1.165) is 23.6 Å². The Morgan fingerprint density at radius 1 is 1.61 bits per heavy atom. The minimum absolute atomic E-state index is 0.168. The third-order valence-corrected chi connectivity index (χ3v) is 4.78. The number of hydrogen-bond donors (Lipinski definition) is 2. The number of primary amides is 1. The maximum absolute atomic E-state index is 11.8. The van der Waals surface area contributed by atoms with Gasteiger partial charge in [-0.2, -0.15) is 11.8 Å². The van der Waals surface area contributed by atoms with Crippen molar-refractivity contribution < 1.29 is 9.53 Å². The van der Waals surface area contributed by atoms with Gasteiger partial charge in [-0.3, -0.25) is 4.79 Å². The molecule has 1 heterocycles. The summed E-state index contributed by atoms with van der Waals surface area (Å²) in [7, 11) is 1.62. The van der Waals surface area contributed by atoms with Gasteiger partial charge in [0.1, 0.15) is 11.3 Å². The van der Waals surface area contributed by atoms with Gasteiger partial charge in [0.2, 0.25) is 5.91 Å². The van der Waals surface area contributed by atoms with Gasteiger partial charge in [0.15, 0.2) is 0 Å². The van der Waals surface area contributed by atoms with Crippen molar-refractivity contribution >= 4 is 23.4 Å². The average Bonchev–Trinajstić information content (AvgIpc) is 2.72. The normalized spacial score (nSPS) is 26.9. The fraction of sp³-hybridized carbons (Fsp3) is 0.462. The van der Waals surface area contributed by atoms with Crippen LogP contribution in [0, 0.1) is 0 Å². The minimum Gasteiger partial charge on any atom is -0.497 e. The number of nitrogens with one attached hydrogen (secondary N) is 1. The molecule has 0 aromatic heterocycles. The lowest BCUT2D eigenvalue weighted by Gasteiger charge is -2.31. The molecule has 0 radical (unpaired) electrons. The zero-order valence-corrected chi connectivity index (χ0v) is 11.4. The smallest absolute Gasteiger partial charge is 0.244 e. The SMILES string of the molecule is COc1cccc(NC2(C(N)=O)CCSC2C)c1. The van der Waals surface area contributed by atoms with Crippen LogP contribution in [0.15, 0.2) is 24.3 Å². The first kappa shape index (κ1) is 13.1. The predicted octanol–water partition coefficient (Wildman–Crippen LogP) is 1.86. The molecule has 0 spiro atoms. The first-order chi connectivity index (χ1) is 8.58. The van der Waals surface area contributed by atoms with Crippen molar-refractivity contribution in [1.82, 2.24) is 0 Å². The predicted molar refractivity (Wildman–Crippen MR) is 75.1 cm³/mol. The highest BCUT2D eigenvalue weighted by atomic mass is 32.2. The molecule has 4 nitrogen and oxygen atoms in total. The lowest BCUT2D eigenvalue weighted by molar-refractivity contribution is -0.122. The number of carbonyl (C=O) groups is 1. The van der Waals surface area contributed by atoms with Crippen molar-refractivity contribution in [3.05, 3.63) is 24.3 Å². The Morgan fingerprint density at radius 3 is 2.94 bits per heavy atom. The van der Waals surface area contributed by atoms with E-state index in [1.165, 1.54) is 0 Å². The molecule has 18 heavy (non-hydrogen) atoms. The number of benzene rings is 1. The van der Waals surface area contributed by atoms with Crippen molar-refractivity contribution in [3.8, 4) is 5.75 Å². The topological polar surface area (TPSA) is 64.3 Å². The first-order valence-corrected chi connectivity index (χ1v) is 6.97. The molecule has 1 aromatic rings. The lowest BCUT2D eigenvalue weighted by Crippen LogP contribution is -2.54. The maximum Gasteiger partial charge on any atom is 0.244 e. The number of amides is 1. The Labute approximate surface area is 111 Å². The second-order valence-corrected chi connectivity index (χ2v) is 5.90. The molecular weight excluding hydrogens is 248 g/mol. The Balaban J connectivity index is 2.26. The number of nitrogens with two attached hydrogens (primary N) is 1. The molecule has 1 aromatic carbocycles. The van der Waals surface area contributed by atoms with Crippen LogP contribution in [-0.4, -0.2) is 29.6 Å². The molecule has 1 fully saturated rings. The molecule has 2 atom stereocenters. The van der Waals surface area contributed by atoms with Crippen LogP contribution in [0.5, 0.6) is 5.75 Å². The van der Waals surface area contributed by atoms with Gasteiger partial charge in [-0.15, -0.1) is 0 Å². The van der Waals surface area contributed by atoms with Crippen LogP contribution < -0.4 is 15.8 Å². The fourth-order valence-corrected chi connectivity index (χ4v) is 3.62. The van der Waals surface area contributed by atoms with Crippen LogP contribution >= 0.6 is 11.8 Å². The number of methoxy groups -OCH3 is 1. The zero-order chi connectivity index (χ0) is 13.2. The van der Waals surface area contributed by atoms with Crippen LogP contribution in [0.2, 0.25) is 0 Å². The molecular formula is C13H18N2O2S. The molecule has 1 aliphatic rings. The molecule has 3 N–H and O–H groups in total. The van der Waals surface area contributed by atoms with Crippen molar-refractivity contribution in [2.75, 3.05) is 18.2 Å². The number of hydrogen-bond acceptors (Lipinski definition) is 4. The highest BCUT2D eigenvalue weighted by Crippen LogP contribution is 2.38. The van der Waals surface area contributed by atoms with Crippen LogP contribution in [0.3, 0.4) is 0 Å². The summed E-state index contributed by atoms with van der Waals surface area (Å²) in [5.41, 5.74) is 5.80. The van der Waals surface area contributed by atoms with Gasteiger partial charge in [0.25, 0.3) is 0 Å². The molecule has 1 amide bonds. The van der Waals surface area contributed by atoms with Gasteiger partial charge in [0, 0.05) is 17.0 Å². The van der Waals surface area contributed by atoms with Crippen LogP contribution in [0.25, 0.3) is 0 Å². The highest BCUT2D eigenvalue weighted by Gasteiger charge is 2.46. The van der Waals surface area contributed by atoms with Gasteiger partial charge in [-0.1, -0.05) is 13.0 Å². The molecule has 2 rings (SSSR count). The van der Waals surface area contributed by atoms with E-state index in [1.54, 1.807) is 18.9 Å². The van der Waals surface area contributed by atoms with Crippen LogP contribution in [0.4, 0.5) is 5.69 Å². The zero-order valence-electron chi connectivity index (χ0n) is 10.6. The van der Waals surface area contributed by atoms with Crippen molar-refractivity contribution in [1.29, 1.82) is 0 Å².